The van der Waals surface area contributed by atoms with Gasteiger partial charge in [0.1, 0.15) is 5.82 Å². The van der Waals surface area contributed by atoms with Crippen molar-refractivity contribution in [2.45, 2.75) is 12.3 Å². The van der Waals surface area contributed by atoms with Gasteiger partial charge in [0.25, 0.3) is 0 Å². The smallest absolute Gasteiger partial charge is 0.124 e. The molecule has 1 N–H and O–H groups in total. The highest BCUT2D eigenvalue weighted by Gasteiger charge is 2.23. The van der Waals surface area contributed by atoms with Gasteiger partial charge in [0.15, 0.2) is 0 Å². The summed E-state index contributed by atoms with van der Waals surface area (Å²) in [4.78, 5) is 0. The van der Waals surface area contributed by atoms with E-state index in [1.807, 2.05) is 0 Å². The van der Waals surface area contributed by atoms with Crippen LogP contribution in [0, 0.1) is 5.82 Å². The van der Waals surface area contributed by atoms with Crippen LogP contribution in [0.3, 0.4) is 0 Å². The highest BCUT2D eigenvalue weighted by molar-refractivity contribution is 6.30. The van der Waals surface area contributed by atoms with Crippen molar-refractivity contribution in [1.29, 1.82) is 0 Å². The van der Waals surface area contributed by atoms with E-state index in [-0.39, 0.29) is 11.7 Å². The predicted molar refractivity (Wildman–Crippen MR) is 52.1 cm³/mol. The van der Waals surface area contributed by atoms with Crippen molar-refractivity contribution in [2.75, 3.05) is 13.1 Å². The van der Waals surface area contributed by atoms with E-state index in [9.17, 15) is 9.60 Å². The third-order valence-electron chi connectivity index (χ3n) is 2.52. The Hall–Kier alpha value is -0.640. The third-order valence-corrected chi connectivity index (χ3v) is 2.74. The molecule has 1 saturated heterocycles. The number of rotatable bonds is 1. The van der Waals surface area contributed by atoms with E-state index >= 15 is 0 Å². The minimum atomic E-state index is -0.316. The summed E-state index contributed by atoms with van der Waals surface area (Å²) in [6, 6.07) is 4.53. The lowest BCUT2D eigenvalue weighted by Crippen LogP contribution is -2.14. The molecule has 0 aliphatic carbocycles. The maximum Gasteiger partial charge on any atom is 0.124 e. The molecule has 0 bridgehead atoms. The Morgan fingerprint density at radius 1 is 1.43 bits per heavy atom. The number of halogens is 2. The number of benzene rings is 1. The average Bonchev–Trinajstić information content (AvgIpc) is 2.50. The van der Waals surface area contributed by atoms with Crippen LogP contribution >= 0.6 is 11.6 Å². The summed E-state index contributed by atoms with van der Waals surface area (Å²) < 4.78 is 13.0. The van der Waals surface area contributed by atoms with Gasteiger partial charge in [-0.15, -0.1) is 0 Å². The molecule has 0 amide bonds. The average molecular weight is 216 g/mol. The van der Waals surface area contributed by atoms with Crippen molar-refractivity contribution in [3.8, 4) is 0 Å². The molecule has 1 aromatic carbocycles. The van der Waals surface area contributed by atoms with E-state index in [1.165, 1.54) is 17.2 Å². The first-order chi connectivity index (χ1) is 6.65. The molecule has 1 atom stereocenters. The van der Waals surface area contributed by atoms with Gasteiger partial charge in [-0.25, -0.2) is 4.39 Å². The molecule has 2 nitrogen and oxygen atoms in total. The first kappa shape index (κ1) is 9.90. The normalized spacial score (nSPS) is 22.9. The zero-order valence-electron chi connectivity index (χ0n) is 7.58. The molecule has 0 radical (unpaired) electrons. The maximum atomic E-state index is 13.0. The quantitative estimate of drug-likeness (QED) is 0.779. The molecule has 1 unspecified atom stereocenters. The summed E-state index contributed by atoms with van der Waals surface area (Å²) in [6.07, 6.45) is 0.844. The topological polar surface area (TPSA) is 23.5 Å². The molecule has 1 aliphatic heterocycles. The van der Waals surface area contributed by atoms with Crippen LogP contribution in [0.1, 0.15) is 17.9 Å². The first-order valence-electron chi connectivity index (χ1n) is 4.55. The molecule has 1 aliphatic rings. The first-order valence-corrected chi connectivity index (χ1v) is 4.93. The second kappa shape index (κ2) is 3.85. The van der Waals surface area contributed by atoms with E-state index in [0.29, 0.717) is 18.1 Å². The molecule has 0 saturated carbocycles. The molecular weight excluding hydrogens is 205 g/mol. The Labute approximate surface area is 86.9 Å². The van der Waals surface area contributed by atoms with Crippen LogP contribution < -0.4 is 0 Å². The maximum absolute atomic E-state index is 13.0. The zero-order chi connectivity index (χ0) is 10.1. The molecule has 4 heteroatoms. The third kappa shape index (κ3) is 2.05. The van der Waals surface area contributed by atoms with Crippen LogP contribution in [-0.2, 0) is 0 Å². The van der Waals surface area contributed by atoms with Crippen LogP contribution in [-0.4, -0.2) is 23.4 Å². The van der Waals surface area contributed by atoms with E-state index < -0.39 is 0 Å². The fourth-order valence-electron chi connectivity index (χ4n) is 1.82. The van der Waals surface area contributed by atoms with E-state index in [0.717, 1.165) is 12.0 Å². The van der Waals surface area contributed by atoms with Crippen molar-refractivity contribution in [2.24, 2.45) is 0 Å². The Kier molecular flexibility index (Phi) is 2.72. The Morgan fingerprint density at radius 2 is 2.21 bits per heavy atom. The van der Waals surface area contributed by atoms with Gasteiger partial charge in [0.05, 0.1) is 0 Å². The molecular formula is C10H11ClFNO. The summed E-state index contributed by atoms with van der Waals surface area (Å²) >= 11 is 5.75. The summed E-state index contributed by atoms with van der Waals surface area (Å²) in [5, 5.41) is 10.9. The van der Waals surface area contributed by atoms with Gasteiger partial charge < -0.3 is 5.21 Å². The summed E-state index contributed by atoms with van der Waals surface area (Å²) in [7, 11) is 0. The monoisotopic (exact) mass is 215 g/mol. The predicted octanol–water partition coefficient (Wildman–Crippen LogP) is 2.66. The van der Waals surface area contributed by atoms with Gasteiger partial charge in [-0.05, 0) is 30.2 Å². The highest BCUT2D eigenvalue weighted by atomic mass is 35.5. The molecule has 0 spiro atoms. The summed E-state index contributed by atoms with van der Waals surface area (Å²) in [5.41, 5.74) is 0.867. The van der Waals surface area contributed by atoms with Gasteiger partial charge in [-0.3, -0.25) is 0 Å². The molecule has 1 heterocycles. The van der Waals surface area contributed by atoms with Crippen molar-refractivity contribution in [3.63, 3.8) is 0 Å². The second-order valence-electron chi connectivity index (χ2n) is 3.60. The largest absolute Gasteiger partial charge is 0.314 e. The molecule has 0 aromatic heterocycles. The van der Waals surface area contributed by atoms with Gasteiger partial charge in [0, 0.05) is 24.0 Å². The van der Waals surface area contributed by atoms with Crippen LogP contribution in [0.2, 0.25) is 5.02 Å². The van der Waals surface area contributed by atoms with Crippen LogP contribution in [0.4, 0.5) is 4.39 Å². The van der Waals surface area contributed by atoms with Crippen LogP contribution in [0.15, 0.2) is 18.2 Å². The van der Waals surface area contributed by atoms with Gasteiger partial charge in [-0.1, -0.05) is 11.6 Å². The molecule has 1 fully saturated rings. The lowest BCUT2D eigenvalue weighted by atomic mass is 9.98. The highest BCUT2D eigenvalue weighted by Crippen LogP contribution is 2.28. The van der Waals surface area contributed by atoms with Crippen LogP contribution in [0.5, 0.6) is 0 Å². The van der Waals surface area contributed by atoms with Gasteiger partial charge in [-0.2, -0.15) is 5.06 Å². The van der Waals surface area contributed by atoms with Crippen LogP contribution in [0.25, 0.3) is 0 Å². The molecule has 76 valence electrons. The minimum Gasteiger partial charge on any atom is -0.314 e. The van der Waals surface area contributed by atoms with E-state index in [4.69, 9.17) is 11.6 Å². The van der Waals surface area contributed by atoms with Crippen molar-refractivity contribution in [3.05, 3.63) is 34.6 Å². The van der Waals surface area contributed by atoms with Crippen molar-refractivity contribution < 1.29 is 9.60 Å². The molecule has 1 aromatic rings. The Morgan fingerprint density at radius 3 is 2.79 bits per heavy atom. The Bertz CT molecular complexity index is 325. The fraction of sp³-hybridized carbons (Fsp3) is 0.400. The Balaban J connectivity index is 2.23. The number of hydrogen-bond acceptors (Lipinski definition) is 2. The molecule has 2 rings (SSSR count). The van der Waals surface area contributed by atoms with E-state index in [2.05, 4.69) is 0 Å². The number of hydrogen-bond donors (Lipinski definition) is 1. The lowest BCUT2D eigenvalue weighted by Gasteiger charge is -2.10. The number of hydroxylamine groups is 2. The minimum absolute atomic E-state index is 0.188. The zero-order valence-corrected chi connectivity index (χ0v) is 8.34. The molecule has 14 heavy (non-hydrogen) atoms. The van der Waals surface area contributed by atoms with E-state index in [1.54, 1.807) is 6.07 Å². The van der Waals surface area contributed by atoms with Gasteiger partial charge in [0.2, 0.25) is 0 Å². The lowest BCUT2D eigenvalue weighted by molar-refractivity contribution is -0.0691. The fourth-order valence-corrected chi connectivity index (χ4v) is 2.05. The summed E-state index contributed by atoms with van der Waals surface area (Å²) in [5.74, 6) is -0.128. The van der Waals surface area contributed by atoms with Crippen molar-refractivity contribution in [1.82, 2.24) is 5.06 Å². The second-order valence-corrected chi connectivity index (χ2v) is 4.04. The SMILES string of the molecule is ON1CCC(c2cc(F)cc(Cl)c2)C1. The summed E-state index contributed by atoms with van der Waals surface area (Å²) in [6.45, 7) is 1.19. The standard InChI is InChI=1S/C10H11ClFNO/c11-9-3-8(4-10(12)5-9)7-1-2-13(14)6-7/h3-5,7,14H,1-2,6H2. The van der Waals surface area contributed by atoms with Crippen molar-refractivity contribution >= 4 is 11.6 Å². The number of nitrogens with zero attached hydrogens (tertiary/aromatic N) is 1. The van der Waals surface area contributed by atoms with Gasteiger partial charge >= 0.3 is 0 Å².